The number of ether oxygens (including phenoxy) is 1. The molecule has 18 heavy (non-hydrogen) atoms. The van der Waals surface area contributed by atoms with E-state index in [0.717, 1.165) is 44.3 Å². The topological polar surface area (TPSA) is 50.3 Å². The molecule has 6 heteroatoms. The molecule has 2 heterocycles. The number of likely N-dealkylation sites (N-methyl/N-ethyl adjacent to an activating group) is 1. The van der Waals surface area contributed by atoms with Gasteiger partial charge in [-0.1, -0.05) is 6.92 Å². The third-order valence-electron chi connectivity index (χ3n) is 3.01. The van der Waals surface area contributed by atoms with Crippen molar-refractivity contribution in [1.29, 1.82) is 0 Å². The fourth-order valence-electron chi connectivity index (χ4n) is 2.03. The van der Waals surface area contributed by atoms with Gasteiger partial charge in [-0.15, -0.1) is 0 Å². The van der Waals surface area contributed by atoms with Crippen molar-refractivity contribution in [2.24, 2.45) is 0 Å². The zero-order valence-corrected chi connectivity index (χ0v) is 11.6. The van der Waals surface area contributed by atoms with Crippen molar-refractivity contribution in [3.05, 3.63) is 17.0 Å². The van der Waals surface area contributed by atoms with Crippen molar-refractivity contribution in [3.8, 4) is 0 Å². The first-order valence-electron chi connectivity index (χ1n) is 6.26. The normalized spacial score (nSPS) is 20.9. The van der Waals surface area contributed by atoms with E-state index in [4.69, 9.17) is 16.3 Å². The van der Waals surface area contributed by atoms with Crippen LogP contribution in [0.1, 0.15) is 12.6 Å². The molecule has 0 bridgehead atoms. The van der Waals surface area contributed by atoms with Crippen LogP contribution in [0.25, 0.3) is 0 Å². The summed E-state index contributed by atoms with van der Waals surface area (Å²) < 4.78 is 5.71. The summed E-state index contributed by atoms with van der Waals surface area (Å²) in [6, 6.07) is 1.88. The molecule has 1 aliphatic rings. The first-order chi connectivity index (χ1) is 8.67. The Labute approximate surface area is 113 Å². The van der Waals surface area contributed by atoms with Crippen LogP contribution in [0.2, 0.25) is 5.28 Å². The minimum Gasteiger partial charge on any atom is -0.374 e. The maximum Gasteiger partial charge on any atom is 0.224 e. The Morgan fingerprint density at radius 3 is 3.11 bits per heavy atom. The summed E-state index contributed by atoms with van der Waals surface area (Å²) in [5.74, 6) is 0.754. The van der Waals surface area contributed by atoms with Crippen LogP contribution < -0.4 is 5.32 Å². The van der Waals surface area contributed by atoms with Crippen molar-refractivity contribution >= 4 is 17.4 Å². The Bertz CT molecular complexity index is 381. The first kappa shape index (κ1) is 13.5. The summed E-state index contributed by atoms with van der Waals surface area (Å²) in [6.45, 7) is 8.65. The highest BCUT2D eigenvalue weighted by Crippen LogP contribution is 2.11. The van der Waals surface area contributed by atoms with E-state index in [9.17, 15) is 0 Å². The molecule has 1 aliphatic heterocycles. The molecule has 1 saturated heterocycles. The third-order valence-corrected chi connectivity index (χ3v) is 3.18. The molecule has 1 fully saturated rings. The van der Waals surface area contributed by atoms with E-state index in [1.54, 1.807) is 0 Å². The van der Waals surface area contributed by atoms with E-state index >= 15 is 0 Å². The van der Waals surface area contributed by atoms with Gasteiger partial charge in [0.05, 0.1) is 12.7 Å². The quantitative estimate of drug-likeness (QED) is 0.842. The van der Waals surface area contributed by atoms with Crippen LogP contribution in [0.4, 0.5) is 5.82 Å². The average molecular weight is 271 g/mol. The van der Waals surface area contributed by atoms with E-state index in [1.165, 1.54) is 0 Å². The second-order valence-electron chi connectivity index (χ2n) is 4.43. The number of anilines is 1. The molecule has 2 rings (SSSR count). The summed E-state index contributed by atoms with van der Waals surface area (Å²) in [5.41, 5.74) is 0.859. The molecule has 100 valence electrons. The molecule has 0 saturated carbocycles. The fraction of sp³-hybridized carbons (Fsp3) is 0.667. The van der Waals surface area contributed by atoms with Crippen LogP contribution in [-0.4, -0.2) is 53.8 Å². The lowest BCUT2D eigenvalue weighted by atomic mass is 10.2. The van der Waals surface area contributed by atoms with Crippen LogP contribution >= 0.6 is 11.6 Å². The number of morpholine rings is 1. The lowest BCUT2D eigenvalue weighted by molar-refractivity contribution is -0.0192. The Kier molecular flexibility index (Phi) is 4.74. The summed E-state index contributed by atoms with van der Waals surface area (Å²) >= 11 is 5.82. The van der Waals surface area contributed by atoms with E-state index in [1.807, 2.05) is 13.0 Å². The minimum atomic E-state index is 0.202. The predicted octanol–water partition coefficient (Wildman–Crippen LogP) is 1.57. The number of hydrogen-bond acceptors (Lipinski definition) is 5. The molecule has 1 unspecified atom stereocenters. The van der Waals surface area contributed by atoms with Gasteiger partial charge in [0.2, 0.25) is 5.28 Å². The molecule has 1 atom stereocenters. The van der Waals surface area contributed by atoms with Gasteiger partial charge in [0.1, 0.15) is 5.82 Å². The van der Waals surface area contributed by atoms with Crippen molar-refractivity contribution in [3.63, 3.8) is 0 Å². The zero-order valence-electron chi connectivity index (χ0n) is 10.8. The molecule has 0 amide bonds. The number of nitrogens with one attached hydrogen (secondary N) is 1. The van der Waals surface area contributed by atoms with Gasteiger partial charge in [0, 0.05) is 31.4 Å². The Morgan fingerprint density at radius 2 is 2.39 bits per heavy atom. The molecule has 1 aromatic rings. The monoisotopic (exact) mass is 270 g/mol. The van der Waals surface area contributed by atoms with Crippen molar-refractivity contribution in [1.82, 2.24) is 14.9 Å². The van der Waals surface area contributed by atoms with Crippen molar-refractivity contribution < 1.29 is 4.74 Å². The van der Waals surface area contributed by atoms with Gasteiger partial charge in [-0.25, -0.2) is 9.97 Å². The van der Waals surface area contributed by atoms with E-state index in [-0.39, 0.29) is 11.4 Å². The highest BCUT2D eigenvalue weighted by Gasteiger charge is 2.18. The van der Waals surface area contributed by atoms with Crippen LogP contribution in [0, 0.1) is 6.92 Å². The summed E-state index contributed by atoms with van der Waals surface area (Å²) in [7, 11) is 0. The minimum absolute atomic E-state index is 0.202. The van der Waals surface area contributed by atoms with Crippen LogP contribution in [-0.2, 0) is 4.74 Å². The molecule has 1 N–H and O–H groups in total. The maximum absolute atomic E-state index is 5.82. The lowest BCUT2D eigenvalue weighted by Gasteiger charge is -2.32. The number of hydrogen-bond donors (Lipinski definition) is 1. The van der Waals surface area contributed by atoms with Gasteiger partial charge < -0.3 is 10.1 Å². The molecule has 0 spiro atoms. The van der Waals surface area contributed by atoms with E-state index < -0.39 is 0 Å². The van der Waals surface area contributed by atoms with Crippen LogP contribution in [0.5, 0.6) is 0 Å². The molecule has 0 aliphatic carbocycles. The first-order valence-corrected chi connectivity index (χ1v) is 6.64. The second kappa shape index (κ2) is 6.31. The van der Waals surface area contributed by atoms with Crippen LogP contribution in [0.15, 0.2) is 6.07 Å². The largest absolute Gasteiger partial charge is 0.374 e. The SMILES string of the molecule is CCN1CCOC(CNc2cc(C)nc(Cl)n2)C1. The number of aryl methyl sites for hydroxylation is 1. The van der Waals surface area contributed by atoms with Gasteiger partial charge >= 0.3 is 0 Å². The summed E-state index contributed by atoms with van der Waals surface area (Å²) in [5, 5.41) is 3.53. The molecule has 0 radical (unpaired) electrons. The molecule has 0 aromatic carbocycles. The summed E-state index contributed by atoms with van der Waals surface area (Å²) in [4.78, 5) is 10.5. The number of halogens is 1. The number of nitrogens with zero attached hydrogens (tertiary/aromatic N) is 3. The van der Waals surface area contributed by atoms with Crippen LogP contribution in [0.3, 0.4) is 0 Å². The smallest absolute Gasteiger partial charge is 0.224 e. The molecule has 5 nitrogen and oxygen atoms in total. The highest BCUT2D eigenvalue weighted by atomic mass is 35.5. The number of rotatable bonds is 4. The van der Waals surface area contributed by atoms with Crippen molar-refractivity contribution in [2.75, 3.05) is 38.1 Å². The zero-order chi connectivity index (χ0) is 13.0. The summed E-state index contributed by atoms with van der Waals surface area (Å²) in [6.07, 6.45) is 0.202. The fourth-order valence-corrected chi connectivity index (χ4v) is 2.26. The highest BCUT2D eigenvalue weighted by molar-refractivity contribution is 6.28. The molecular formula is C12H19ClN4O. The van der Waals surface area contributed by atoms with E-state index in [2.05, 4.69) is 27.1 Å². The van der Waals surface area contributed by atoms with Gasteiger partial charge in [-0.05, 0) is 25.1 Å². The Hall–Kier alpha value is -0.910. The second-order valence-corrected chi connectivity index (χ2v) is 4.77. The average Bonchev–Trinajstić information content (AvgIpc) is 2.35. The van der Waals surface area contributed by atoms with Gasteiger partial charge in [-0.2, -0.15) is 0 Å². The Balaban J connectivity index is 1.87. The molecular weight excluding hydrogens is 252 g/mol. The van der Waals surface area contributed by atoms with Gasteiger partial charge in [0.15, 0.2) is 0 Å². The maximum atomic E-state index is 5.82. The number of aromatic nitrogens is 2. The van der Waals surface area contributed by atoms with Crippen molar-refractivity contribution in [2.45, 2.75) is 20.0 Å². The van der Waals surface area contributed by atoms with E-state index in [0.29, 0.717) is 0 Å². The van der Waals surface area contributed by atoms with Gasteiger partial charge in [0.25, 0.3) is 0 Å². The lowest BCUT2D eigenvalue weighted by Crippen LogP contribution is -2.45. The predicted molar refractivity (Wildman–Crippen MR) is 72.1 cm³/mol. The van der Waals surface area contributed by atoms with Gasteiger partial charge in [-0.3, -0.25) is 4.90 Å². The Morgan fingerprint density at radius 1 is 1.56 bits per heavy atom. The standard InChI is InChI=1S/C12H19ClN4O/c1-3-17-4-5-18-10(8-17)7-14-11-6-9(2)15-12(13)16-11/h6,10H,3-5,7-8H2,1-2H3,(H,14,15,16). The molecule has 1 aromatic heterocycles. The third kappa shape index (κ3) is 3.80.